The molecule has 0 unspecified atom stereocenters. The molecule has 5 heteroatoms. The van der Waals surface area contributed by atoms with Gasteiger partial charge in [-0.1, -0.05) is 67.8 Å². The van der Waals surface area contributed by atoms with E-state index in [4.69, 9.17) is 9.97 Å². The Labute approximate surface area is 225 Å². The van der Waals surface area contributed by atoms with Crippen molar-refractivity contribution in [1.29, 1.82) is 0 Å². The Morgan fingerprint density at radius 1 is 0.686 bits per heavy atom. The van der Waals surface area contributed by atoms with Gasteiger partial charge in [-0.25, -0.2) is 18.2 Å². The number of hydrogen-bond acceptors (Lipinski definition) is 2. The molecule has 0 bridgehead atoms. The second-order valence-corrected chi connectivity index (χ2v) is 16.4. The smallest absolute Gasteiger partial charge is 0.256 e. The minimum Gasteiger partial charge on any atom is -0.256 e. The largest absolute Gasteiger partial charge is 2.00 e. The maximum absolute atomic E-state index is 4.70. The summed E-state index contributed by atoms with van der Waals surface area (Å²) in [5.41, 5.74) is 5.29. The predicted octanol–water partition coefficient (Wildman–Crippen LogP) is 7.81. The summed E-state index contributed by atoms with van der Waals surface area (Å²) in [6, 6.07) is 29.3. The van der Waals surface area contributed by atoms with Gasteiger partial charge in [-0.2, -0.15) is 41.5 Å². The molecule has 2 aromatic carbocycles. The van der Waals surface area contributed by atoms with Crippen LogP contribution in [0.1, 0.15) is 52.7 Å². The Kier molecular flexibility index (Phi) is 11.5. The van der Waals surface area contributed by atoms with Crippen LogP contribution in [0.5, 0.6) is 0 Å². The zero-order valence-corrected chi connectivity index (χ0v) is 24.7. The van der Waals surface area contributed by atoms with E-state index in [1.54, 1.807) is 0 Å². The van der Waals surface area contributed by atoms with Crippen molar-refractivity contribution in [2.24, 2.45) is 0 Å². The van der Waals surface area contributed by atoms with Crippen molar-refractivity contribution in [1.82, 2.24) is 9.97 Å². The molecular formula is C30H38FeN2P2. The Bertz CT molecular complexity index is 1010. The average Bonchev–Trinajstić information content (AvgIpc) is 3.51. The van der Waals surface area contributed by atoms with E-state index in [9.17, 15) is 0 Å². The summed E-state index contributed by atoms with van der Waals surface area (Å²) in [4.78, 5) is 9.40. The predicted molar refractivity (Wildman–Crippen MR) is 153 cm³/mol. The molecule has 4 aromatic rings. The van der Waals surface area contributed by atoms with Crippen LogP contribution >= 0.6 is 15.8 Å². The van der Waals surface area contributed by atoms with Gasteiger partial charge >= 0.3 is 17.1 Å². The fourth-order valence-electron chi connectivity index (χ4n) is 4.25. The fraction of sp³-hybridized carbons (Fsp3) is 0.333. The average molecular weight is 544 g/mol. The van der Waals surface area contributed by atoms with Gasteiger partial charge in [-0.15, -0.1) is 0 Å². The van der Waals surface area contributed by atoms with Crippen molar-refractivity contribution in [3.8, 4) is 0 Å². The molecule has 0 aliphatic carbocycles. The van der Waals surface area contributed by atoms with E-state index >= 15 is 0 Å². The van der Waals surface area contributed by atoms with Gasteiger partial charge in [0.15, 0.2) is 0 Å². The summed E-state index contributed by atoms with van der Waals surface area (Å²) in [5, 5.41) is 0.656. The van der Waals surface area contributed by atoms with E-state index in [2.05, 4.69) is 84.0 Å². The fourth-order valence-corrected chi connectivity index (χ4v) is 10.0. The zero-order valence-electron chi connectivity index (χ0n) is 21.8. The summed E-state index contributed by atoms with van der Waals surface area (Å²) >= 11 is 0. The standard InChI is InChI=1S/C25H33N2P2.C5H5.Fe/c1-24(2,3)29(25(4,5)6)19-21-13-11-12-20(21)18-28(22-14-7-9-16-26-22)23-15-8-10-17-27-23;1-2-4-5-3-1;/h7-17H,18-19H2,1-6H3;1-5H;/q2*-1;+2. The Morgan fingerprint density at radius 2 is 1.23 bits per heavy atom. The molecule has 2 aromatic heterocycles. The van der Waals surface area contributed by atoms with E-state index in [-0.39, 0.29) is 25.0 Å². The van der Waals surface area contributed by atoms with E-state index in [0.717, 1.165) is 17.0 Å². The molecule has 0 aliphatic heterocycles. The van der Waals surface area contributed by atoms with Gasteiger partial charge in [0.1, 0.15) is 0 Å². The SMILES string of the molecule is CC(C)(C)P(Cc1[cH-]ccc1CP(c1ccccn1)c1ccccn1)C(C)(C)C.[Fe+2].c1cc[cH-]c1. The number of hydrogen-bond donors (Lipinski definition) is 0. The molecule has 2 heterocycles. The van der Waals surface area contributed by atoms with Crippen LogP contribution in [-0.4, -0.2) is 20.3 Å². The second-order valence-electron chi connectivity index (χ2n) is 10.4. The molecule has 0 spiro atoms. The van der Waals surface area contributed by atoms with Crippen LogP contribution in [0, 0.1) is 0 Å². The first kappa shape index (κ1) is 29.6. The molecule has 0 N–H and O–H groups in total. The summed E-state index contributed by atoms with van der Waals surface area (Å²) in [5.74, 6) is 0. The minimum atomic E-state index is -0.614. The van der Waals surface area contributed by atoms with Crippen LogP contribution in [-0.2, 0) is 29.4 Å². The van der Waals surface area contributed by atoms with Gasteiger partial charge in [0.2, 0.25) is 0 Å². The van der Waals surface area contributed by atoms with E-state index in [0.29, 0.717) is 10.3 Å². The van der Waals surface area contributed by atoms with Crippen LogP contribution in [0.15, 0.2) is 97.3 Å². The number of pyridine rings is 2. The van der Waals surface area contributed by atoms with Gasteiger partial charge in [-0.3, -0.25) is 9.97 Å². The monoisotopic (exact) mass is 544 g/mol. The van der Waals surface area contributed by atoms with Gasteiger partial charge in [-0.05, 0) is 48.7 Å². The van der Waals surface area contributed by atoms with Crippen LogP contribution in [0.25, 0.3) is 0 Å². The molecule has 35 heavy (non-hydrogen) atoms. The third kappa shape index (κ3) is 9.08. The molecule has 0 radical (unpaired) electrons. The Hall–Kier alpha value is -1.62. The number of aromatic nitrogens is 2. The first-order valence-electron chi connectivity index (χ1n) is 11.9. The minimum absolute atomic E-state index is 0. The zero-order chi connectivity index (χ0) is 24.6. The van der Waals surface area contributed by atoms with Gasteiger partial charge < -0.3 is 0 Å². The molecular weight excluding hydrogens is 506 g/mol. The van der Waals surface area contributed by atoms with Gasteiger partial charge in [0.05, 0.1) is 10.9 Å². The molecule has 0 amide bonds. The summed E-state index contributed by atoms with van der Waals surface area (Å²) in [6.45, 7) is 14.4. The first-order valence-corrected chi connectivity index (χ1v) is 15.0. The van der Waals surface area contributed by atoms with Crippen LogP contribution in [0.2, 0.25) is 0 Å². The third-order valence-corrected chi connectivity index (χ3v) is 11.9. The molecule has 2 nitrogen and oxygen atoms in total. The molecule has 0 fully saturated rings. The number of nitrogens with zero attached hydrogens (tertiary/aromatic N) is 2. The first-order chi connectivity index (χ1) is 16.2. The molecule has 186 valence electrons. The Morgan fingerprint density at radius 3 is 1.63 bits per heavy atom. The summed E-state index contributed by atoms with van der Waals surface area (Å²) in [7, 11) is -0.781. The van der Waals surface area contributed by atoms with E-state index in [1.807, 2.05) is 54.9 Å². The molecule has 0 atom stereocenters. The topological polar surface area (TPSA) is 25.8 Å². The van der Waals surface area contributed by atoms with Crippen molar-refractivity contribution < 1.29 is 17.1 Å². The third-order valence-electron chi connectivity index (χ3n) is 5.69. The number of rotatable bonds is 6. The van der Waals surface area contributed by atoms with Crippen molar-refractivity contribution in [2.75, 3.05) is 0 Å². The maximum atomic E-state index is 4.70. The van der Waals surface area contributed by atoms with Crippen molar-refractivity contribution in [3.05, 3.63) is 108 Å². The summed E-state index contributed by atoms with van der Waals surface area (Å²) < 4.78 is 0. The van der Waals surface area contributed by atoms with Crippen LogP contribution in [0.4, 0.5) is 0 Å². The van der Waals surface area contributed by atoms with Crippen molar-refractivity contribution in [2.45, 2.75) is 64.2 Å². The van der Waals surface area contributed by atoms with Crippen LogP contribution < -0.4 is 10.9 Å². The van der Waals surface area contributed by atoms with Crippen LogP contribution in [0.3, 0.4) is 0 Å². The molecule has 0 saturated heterocycles. The molecule has 0 saturated carbocycles. The van der Waals surface area contributed by atoms with E-state index < -0.39 is 7.92 Å². The molecule has 0 aliphatic rings. The normalized spacial score (nSPS) is 11.7. The second kappa shape index (κ2) is 13.6. The molecule has 4 rings (SSSR count). The Balaban J connectivity index is 0.000000640. The maximum Gasteiger partial charge on any atom is 2.00 e. The van der Waals surface area contributed by atoms with Crippen molar-refractivity contribution in [3.63, 3.8) is 0 Å². The summed E-state index contributed by atoms with van der Waals surface area (Å²) in [6.07, 6.45) is 5.98. The van der Waals surface area contributed by atoms with E-state index in [1.165, 1.54) is 17.3 Å². The van der Waals surface area contributed by atoms with Gasteiger partial charge in [0, 0.05) is 12.4 Å². The van der Waals surface area contributed by atoms with Crippen molar-refractivity contribution >= 4 is 26.7 Å². The van der Waals surface area contributed by atoms with Gasteiger partial charge in [0.25, 0.3) is 0 Å². The quantitative estimate of drug-likeness (QED) is 0.141.